The van der Waals surface area contributed by atoms with Gasteiger partial charge in [0.25, 0.3) is 0 Å². The standard InChI is InChI=1S/C27H36N2O3/c1-19(21-10-14-25(15-11-21)31-18-20-8-6-5-7-9-20)28-22-16-23-12-13-24(17-22)29(23)26(30)32-27(2,3)4/h5-11,14-15,19,22-24,28H,12-13,16-18H2,1-4H3. The van der Waals surface area contributed by atoms with E-state index in [1.165, 1.54) is 11.1 Å². The van der Waals surface area contributed by atoms with Gasteiger partial charge in [-0.15, -0.1) is 0 Å². The van der Waals surface area contributed by atoms with Gasteiger partial charge in [0.2, 0.25) is 0 Å². The third-order valence-corrected chi connectivity index (χ3v) is 6.45. The van der Waals surface area contributed by atoms with Crippen LogP contribution in [0.1, 0.15) is 70.5 Å². The summed E-state index contributed by atoms with van der Waals surface area (Å²) in [6.07, 6.45) is 3.97. The molecular formula is C27H36N2O3. The van der Waals surface area contributed by atoms with Gasteiger partial charge in [-0.1, -0.05) is 42.5 Å². The number of piperidine rings is 1. The van der Waals surface area contributed by atoms with Gasteiger partial charge in [-0.2, -0.15) is 0 Å². The molecule has 5 heteroatoms. The summed E-state index contributed by atoms with van der Waals surface area (Å²) in [5, 5.41) is 3.80. The monoisotopic (exact) mass is 436 g/mol. The van der Waals surface area contributed by atoms with Crippen LogP contribution in [0.2, 0.25) is 0 Å². The molecule has 0 saturated carbocycles. The number of rotatable bonds is 6. The van der Waals surface area contributed by atoms with E-state index in [2.05, 4.69) is 36.5 Å². The summed E-state index contributed by atoms with van der Waals surface area (Å²) in [5.41, 5.74) is 1.97. The van der Waals surface area contributed by atoms with Gasteiger partial charge in [0.15, 0.2) is 0 Å². The zero-order valence-corrected chi connectivity index (χ0v) is 19.7. The topological polar surface area (TPSA) is 50.8 Å². The molecule has 2 aromatic rings. The number of benzene rings is 2. The highest BCUT2D eigenvalue weighted by Crippen LogP contribution is 2.37. The predicted octanol–water partition coefficient (Wildman–Crippen LogP) is 5.85. The zero-order valence-electron chi connectivity index (χ0n) is 19.7. The van der Waals surface area contributed by atoms with Crippen molar-refractivity contribution in [3.05, 3.63) is 65.7 Å². The zero-order chi connectivity index (χ0) is 22.7. The quantitative estimate of drug-likeness (QED) is 0.617. The number of nitrogens with zero attached hydrogens (tertiary/aromatic N) is 1. The molecule has 0 spiro atoms. The lowest BCUT2D eigenvalue weighted by atomic mass is 9.96. The fourth-order valence-corrected chi connectivity index (χ4v) is 4.97. The minimum atomic E-state index is -0.447. The van der Waals surface area contributed by atoms with E-state index in [9.17, 15) is 4.79 Å². The minimum Gasteiger partial charge on any atom is -0.489 e. The van der Waals surface area contributed by atoms with Crippen LogP contribution in [0.25, 0.3) is 0 Å². The van der Waals surface area contributed by atoms with Gasteiger partial charge in [-0.25, -0.2) is 4.79 Å². The van der Waals surface area contributed by atoms with Gasteiger partial charge in [0, 0.05) is 24.2 Å². The van der Waals surface area contributed by atoms with Crippen molar-refractivity contribution >= 4 is 6.09 Å². The van der Waals surface area contributed by atoms with Crippen LogP contribution in [0, 0.1) is 0 Å². The summed E-state index contributed by atoms with van der Waals surface area (Å²) < 4.78 is 11.6. The molecule has 4 rings (SSSR count). The van der Waals surface area contributed by atoms with Gasteiger partial charge in [0.1, 0.15) is 18.0 Å². The van der Waals surface area contributed by atoms with Gasteiger partial charge in [0.05, 0.1) is 0 Å². The molecule has 172 valence electrons. The van der Waals surface area contributed by atoms with E-state index in [1.807, 2.05) is 56.0 Å². The number of hydrogen-bond donors (Lipinski definition) is 1. The lowest BCUT2D eigenvalue weighted by Gasteiger charge is -2.40. The highest BCUT2D eigenvalue weighted by atomic mass is 16.6. The number of amides is 1. The Morgan fingerprint density at radius 1 is 1.03 bits per heavy atom. The summed E-state index contributed by atoms with van der Waals surface area (Å²) in [4.78, 5) is 14.7. The van der Waals surface area contributed by atoms with Gasteiger partial charge in [-0.05, 0) is 76.6 Å². The molecule has 0 radical (unpaired) electrons. The van der Waals surface area contributed by atoms with E-state index >= 15 is 0 Å². The van der Waals surface area contributed by atoms with Crippen molar-refractivity contribution in [1.82, 2.24) is 10.2 Å². The summed E-state index contributed by atoms with van der Waals surface area (Å²) >= 11 is 0. The Morgan fingerprint density at radius 3 is 2.25 bits per heavy atom. The fraction of sp³-hybridized carbons (Fsp3) is 0.519. The number of fused-ring (bicyclic) bond motifs is 2. The van der Waals surface area contributed by atoms with E-state index in [0.29, 0.717) is 12.6 Å². The molecule has 2 aliphatic heterocycles. The summed E-state index contributed by atoms with van der Waals surface area (Å²) in [7, 11) is 0. The number of nitrogens with one attached hydrogen (secondary N) is 1. The van der Waals surface area contributed by atoms with Crippen LogP contribution < -0.4 is 10.1 Å². The maximum absolute atomic E-state index is 12.7. The average molecular weight is 437 g/mol. The van der Waals surface area contributed by atoms with Crippen LogP contribution in [0.3, 0.4) is 0 Å². The molecule has 5 nitrogen and oxygen atoms in total. The first-order valence-electron chi connectivity index (χ1n) is 11.8. The molecule has 2 bridgehead atoms. The Kier molecular flexibility index (Phi) is 6.75. The van der Waals surface area contributed by atoms with Crippen molar-refractivity contribution in [3.63, 3.8) is 0 Å². The number of hydrogen-bond acceptors (Lipinski definition) is 4. The van der Waals surface area contributed by atoms with Crippen molar-refractivity contribution < 1.29 is 14.3 Å². The molecule has 1 amide bonds. The Bertz CT molecular complexity index is 877. The van der Waals surface area contributed by atoms with Gasteiger partial charge in [-0.3, -0.25) is 0 Å². The smallest absolute Gasteiger partial charge is 0.410 e. The maximum Gasteiger partial charge on any atom is 0.410 e. The van der Waals surface area contributed by atoms with Crippen LogP contribution in [0.15, 0.2) is 54.6 Å². The molecular weight excluding hydrogens is 400 g/mol. The van der Waals surface area contributed by atoms with Crippen molar-refractivity contribution in [2.45, 2.75) is 89.8 Å². The summed E-state index contributed by atoms with van der Waals surface area (Å²) in [6.45, 7) is 8.58. The molecule has 2 fully saturated rings. The van der Waals surface area contributed by atoms with Crippen LogP contribution in [0.5, 0.6) is 5.75 Å². The van der Waals surface area contributed by atoms with E-state index < -0.39 is 5.60 Å². The van der Waals surface area contributed by atoms with Gasteiger partial charge >= 0.3 is 6.09 Å². The van der Waals surface area contributed by atoms with Crippen LogP contribution in [0.4, 0.5) is 4.79 Å². The second-order valence-electron chi connectivity index (χ2n) is 10.2. The van der Waals surface area contributed by atoms with Crippen molar-refractivity contribution in [1.29, 1.82) is 0 Å². The molecule has 2 saturated heterocycles. The first-order chi connectivity index (χ1) is 15.3. The molecule has 1 N–H and O–H groups in total. The molecule has 3 unspecified atom stereocenters. The summed E-state index contributed by atoms with van der Waals surface area (Å²) in [6, 6.07) is 19.8. The molecule has 32 heavy (non-hydrogen) atoms. The number of ether oxygens (including phenoxy) is 2. The second-order valence-corrected chi connectivity index (χ2v) is 10.2. The average Bonchev–Trinajstić information content (AvgIpc) is 3.03. The first kappa shape index (κ1) is 22.7. The van der Waals surface area contributed by atoms with Gasteiger partial charge < -0.3 is 19.7 Å². The first-order valence-corrected chi connectivity index (χ1v) is 11.8. The second kappa shape index (κ2) is 9.53. The van der Waals surface area contributed by atoms with Crippen LogP contribution >= 0.6 is 0 Å². The predicted molar refractivity (Wildman–Crippen MR) is 127 cm³/mol. The Balaban J connectivity index is 1.29. The van der Waals surface area contributed by atoms with E-state index in [4.69, 9.17) is 9.47 Å². The molecule has 2 aromatic carbocycles. The number of carbonyl (C=O) groups is 1. The number of carbonyl (C=O) groups excluding carboxylic acids is 1. The van der Waals surface area contributed by atoms with Crippen LogP contribution in [-0.2, 0) is 11.3 Å². The third kappa shape index (κ3) is 5.63. The largest absolute Gasteiger partial charge is 0.489 e. The van der Waals surface area contributed by atoms with E-state index in [1.54, 1.807) is 0 Å². The highest BCUT2D eigenvalue weighted by molar-refractivity contribution is 5.69. The molecule has 0 aromatic heterocycles. The Morgan fingerprint density at radius 2 is 1.66 bits per heavy atom. The SMILES string of the molecule is CC(NC1CC2CCC(C1)N2C(=O)OC(C)(C)C)c1ccc(OCc2ccccc2)cc1. The molecule has 2 aliphatic rings. The van der Waals surface area contributed by atoms with E-state index in [-0.39, 0.29) is 24.2 Å². The third-order valence-electron chi connectivity index (χ3n) is 6.45. The van der Waals surface area contributed by atoms with Crippen molar-refractivity contribution in [3.8, 4) is 5.75 Å². The Hall–Kier alpha value is -2.53. The molecule has 3 atom stereocenters. The minimum absolute atomic E-state index is 0.150. The van der Waals surface area contributed by atoms with E-state index in [0.717, 1.165) is 31.4 Å². The lowest BCUT2D eigenvalue weighted by Crippen LogP contribution is -2.52. The normalized spacial score (nSPS) is 23.6. The highest BCUT2D eigenvalue weighted by Gasteiger charge is 2.44. The Labute approximate surface area is 192 Å². The summed E-state index contributed by atoms with van der Waals surface area (Å²) in [5.74, 6) is 0.883. The van der Waals surface area contributed by atoms with Crippen molar-refractivity contribution in [2.75, 3.05) is 0 Å². The molecule has 0 aliphatic carbocycles. The fourth-order valence-electron chi connectivity index (χ4n) is 4.97. The van der Waals surface area contributed by atoms with Crippen LogP contribution in [-0.4, -0.2) is 34.7 Å². The lowest BCUT2D eigenvalue weighted by molar-refractivity contribution is 0.00435. The van der Waals surface area contributed by atoms with Crippen molar-refractivity contribution in [2.24, 2.45) is 0 Å². The maximum atomic E-state index is 12.7. The molecule has 2 heterocycles.